The van der Waals surface area contributed by atoms with Crippen molar-refractivity contribution in [2.75, 3.05) is 6.54 Å². The van der Waals surface area contributed by atoms with Gasteiger partial charge in [-0.2, -0.15) is 0 Å². The van der Waals surface area contributed by atoms with E-state index in [0.29, 0.717) is 6.54 Å². The highest BCUT2D eigenvalue weighted by molar-refractivity contribution is 6.15. The number of aryl methyl sites for hydroxylation is 3. The van der Waals surface area contributed by atoms with E-state index < -0.39 is 11.8 Å². The minimum Gasteiger partial charge on any atom is -0.356 e. The number of nitrogens with one attached hydrogen (secondary N) is 1. The number of rotatable bonds is 4. The predicted octanol–water partition coefficient (Wildman–Crippen LogP) is 3.41. The first-order valence-electron chi connectivity index (χ1n) is 8.90. The van der Waals surface area contributed by atoms with Crippen molar-refractivity contribution in [3.8, 4) is 0 Å². The van der Waals surface area contributed by atoms with Gasteiger partial charge in [0, 0.05) is 25.3 Å². The molecule has 2 rings (SSSR count). The average molecular weight is 343 g/mol. The molecule has 0 aliphatic heterocycles. The molecule has 1 aromatic carbocycles. The maximum absolute atomic E-state index is 12.8. The molecule has 0 saturated heterocycles. The van der Waals surface area contributed by atoms with E-state index in [9.17, 15) is 14.4 Å². The highest BCUT2D eigenvalue weighted by Gasteiger charge is 2.43. The lowest BCUT2D eigenvalue weighted by molar-refractivity contribution is -0.128. The van der Waals surface area contributed by atoms with Gasteiger partial charge in [0.2, 0.25) is 5.91 Å². The van der Waals surface area contributed by atoms with Crippen molar-refractivity contribution < 1.29 is 14.4 Å². The lowest BCUT2D eigenvalue weighted by Gasteiger charge is -2.19. The summed E-state index contributed by atoms with van der Waals surface area (Å²) < 4.78 is 0. The van der Waals surface area contributed by atoms with Crippen LogP contribution in [0, 0.1) is 32.1 Å². The molecule has 25 heavy (non-hydrogen) atoms. The SMILES string of the molecule is Cc1cc(C)c(C2C(=O)CC(CC(=O)NCC(C)(C)C)C2=O)c(C)c1. The first-order valence-corrected chi connectivity index (χ1v) is 8.90. The third-order valence-corrected chi connectivity index (χ3v) is 4.73. The number of ketones is 2. The van der Waals surface area contributed by atoms with Gasteiger partial charge in [0.15, 0.2) is 5.78 Å². The van der Waals surface area contributed by atoms with E-state index >= 15 is 0 Å². The number of carbonyl (C=O) groups is 3. The van der Waals surface area contributed by atoms with Gasteiger partial charge in [-0.05, 0) is 42.9 Å². The zero-order valence-electron chi connectivity index (χ0n) is 16.2. The van der Waals surface area contributed by atoms with Crippen LogP contribution in [0.2, 0.25) is 0 Å². The van der Waals surface area contributed by atoms with Crippen LogP contribution in [0.1, 0.15) is 61.8 Å². The van der Waals surface area contributed by atoms with Crippen molar-refractivity contribution in [3.05, 3.63) is 34.4 Å². The fourth-order valence-corrected chi connectivity index (χ4v) is 3.64. The van der Waals surface area contributed by atoms with E-state index in [1.165, 1.54) is 0 Å². The number of benzene rings is 1. The molecule has 1 N–H and O–H groups in total. The third kappa shape index (κ3) is 4.56. The first kappa shape index (κ1) is 19.4. The maximum atomic E-state index is 12.8. The summed E-state index contributed by atoms with van der Waals surface area (Å²) in [4.78, 5) is 37.5. The lowest BCUT2D eigenvalue weighted by Crippen LogP contribution is -2.34. The molecule has 136 valence electrons. The van der Waals surface area contributed by atoms with Crippen LogP contribution in [0.25, 0.3) is 0 Å². The Kier molecular flexibility index (Phi) is 5.50. The smallest absolute Gasteiger partial charge is 0.220 e. The highest BCUT2D eigenvalue weighted by Crippen LogP contribution is 2.37. The molecule has 1 amide bonds. The van der Waals surface area contributed by atoms with Gasteiger partial charge in [0.1, 0.15) is 11.7 Å². The Hall–Kier alpha value is -1.97. The lowest BCUT2D eigenvalue weighted by atomic mass is 9.86. The molecule has 1 saturated carbocycles. The Morgan fingerprint density at radius 1 is 1.12 bits per heavy atom. The van der Waals surface area contributed by atoms with Gasteiger partial charge >= 0.3 is 0 Å². The van der Waals surface area contributed by atoms with E-state index in [-0.39, 0.29) is 35.7 Å². The molecule has 0 aromatic heterocycles. The molecule has 1 fully saturated rings. The van der Waals surface area contributed by atoms with Gasteiger partial charge in [-0.3, -0.25) is 14.4 Å². The van der Waals surface area contributed by atoms with E-state index in [1.807, 2.05) is 53.7 Å². The van der Waals surface area contributed by atoms with Crippen LogP contribution in [0.4, 0.5) is 0 Å². The summed E-state index contributed by atoms with van der Waals surface area (Å²) >= 11 is 0. The number of Topliss-reactive ketones (excluding diaryl/α,β-unsaturated/α-hetero) is 2. The van der Waals surface area contributed by atoms with Crippen LogP contribution < -0.4 is 5.32 Å². The number of amides is 1. The quantitative estimate of drug-likeness (QED) is 0.852. The molecule has 0 spiro atoms. The predicted molar refractivity (Wildman–Crippen MR) is 98.6 cm³/mol. The Balaban J connectivity index is 2.14. The third-order valence-electron chi connectivity index (χ3n) is 4.73. The minimum absolute atomic E-state index is 0.0101. The summed E-state index contributed by atoms with van der Waals surface area (Å²) in [7, 11) is 0. The van der Waals surface area contributed by atoms with Crippen LogP contribution in [0.15, 0.2) is 12.1 Å². The summed E-state index contributed by atoms with van der Waals surface area (Å²) in [6.45, 7) is 12.6. The van der Waals surface area contributed by atoms with Crippen LogP contribution >= 0.6 is 0 Å². The van der Waals surface area contributed by atoms with Crippen LogP contribution in [0.3, 0.4) is 0 Å². The molecule has 2 unspecified atom stereocenters. The van der Waals surface area contributed by atoms with Gasteiger partial charge in [0.25, 0.3) is 0 Å². The molecule has 0 heterocycles. The van der Waals surface area contributed by atoms with Gasteiger partial charge < -0.3 is 5.32 Å². The largest absolute Gasteiger partial charge is 0.356 e. The second-order valence-corrected chi connectivity index (χ2v) is 8.56. The standard InChI is InChI=1S/C21H29NO3/c1-12-7-13(2)18(14(3)8-12)19-16(23)9-15(20(19)25)10-17(24)22-11-21(4,5)6/h7-8,15,19H,9-11H2,1-6H3,(H,22,24). The fourth-order valence-electron chi connectivity index (χ4n) is 3.64. The van der Waals surface area contributed by atoms with Crippen molar-refractivity contribution in [1.29, 1.82) is 0 Å². The van der Waals surface area contributed by atoms with E-state index in [0.717, 1.165) is 22.3 Å². The summed E-state index contributed by atoms with van der Waals surface area (Å²) in [5.74, 6) is -1.53. The molecule has 2 atom stereocenters. The average Bonchev–Trinajstić information content (AvgIpc) is 2.71. The zero-order valence-corrected chi connectivity index (χ0v) is 16.2. The first-order chi connectivity index (χ1) is 11.5. The molecular formula is C21H29NO3. The second kappa shape index (κ2) is 7.11. The fraction of sp³-hybridized carbons (Fsp3) is 0.571. The normalized spacial score (nSPS) is 20.9. The van der Waals surface area contributed by atoms with Gasteiger partial charge in [-0.1, -0.05) is 38.5 Å². The zero-order chi connectivity index (χ0) is 18.9. The summed E-state index contributed by atoms with van der Waals surface area (Å²) in [5.41, 5.74) is 3.89. The van der Waals surface area contributed by atoms with E-state index in [1.54, 1.807) is 0 Å². The Bertz CT molecular complexity index is 689. The van der Waals surface area contributed by atoms with Crippen LogP contribution in [-0.2, 0) is 14.4 Å². The van der Waals surface area contributed by atoms with E-state index in [2.05, 4.69) is 5.32 Å². The summed E-state index contributed by atoms with van der Waals surface area (Å²) in [5, 5.41) is 2.87. The molecule has 4 heteroatoms. The highest BCUT2D eigenvalue weighted by atomic mass is 16.2. The maximum Gasteiger partial charge on any atom is 0.220 e. The van der Waals surface area contributed by atoms with E-state index in [4.69, 9.17) is 0 Å². The number of hydrogen-bond acceptors (Lipinski definition) is 3. The van der Waals surface area contributed by atoms with Gasteiger partial charge in [-0.25, -0.2) is 0 Å². The molecular weight excluding hydrogens is 314 g/mol. The number of hydrogen-bond donors (Lipinski definition) is 1. The molecule has 1 aromatic rings. The Morgan fingerprint density at radius 3 is 2.20 bits per heavy atom. The molecule has 0 radical (unpaired) electrons. The topological polar surface area (TPSA) is 63.2 Å². The summed E-state index contributed by atoms with van der Waals surface area (Å²) in [6, 6.07) is 4.01. The number of carbonyl (C=O) groups excluding carboxylic acids is 3. The van der Waals surface area contributed by atoms with Gasteiger partial charge in [0.05, 0.1) is 0 Å². The van der Waals surface area contributed by atoms with Crippen molar-refractivity contribution in [3.63, 3.8) is 0 Å². The molecule has 0 bridgehead atoms. The van der Waals surface area contributed by atoms with Crippen molar-refractivity contribution >= 4 is 17.5 Å². The Labute approximate surface area is 150 Å². The van der Waals surface area contributed by atoms with Crippen LogP contribution in [-0.4, -0.2) is 24.0 Å². The second-order valence-electron chi connectivity index (χ2n) is 8.56. The Morgan fingerprint density at radius 2 is 1.68 bits per heavy atom. The molecule has 4 nitrogen and oxygen atoms in total. The monoisotopic (exact) mass is 343 g/mol. The summed E-state index contributed by atoms with van der Waals surface area (Å²) in [6.07, 6.45) is 0.264. The van der Waals surface area contributed by atoms with Crippen molar-refractivity contribution in [2.45, 2.75) is 60.3 Å². The van der Waals surface area contributed by atoms with Crippen molar-refractivity contribution in [2.24, 2.45) is 11.3 Å². The molecule has 1 aliphatic rings. The van der Waals surface area contributed by atoms with Crippen LogP contribution in [0.5, 0.6) is 0 Å². The van der Waals surface area contributed by atoms with Gasteiger partial charge in [-0.15, -0.1) is 0 Å². The van der Waals surface area contributed by atoms with Crippen molar-refractivity contribution in [1.82, 2.24) is 5.32 Å². The molecule has 1 aliphatic carbocycles. The minimum atomic E-state index is -0.707.